The molecule has 0 spiro atoms. The van der Waals surface area contributed by atoms with Crippen LogP contribution in [0.3, 0.4) is 0 Å². The van der Waals surface area contributed by atoms with Crippen LogP contribution < -0.4 is 0 Å². The lowest BCUT2D eigenvalue weighted by Gasteiger charge is -2.10. The number of nitrogens with zero attached hydrogens (tertiary/aromatic N) is 5. The number of rotatable bonds is 6. The molecule has 1 N–H and O–H groups in total. The predicted molar refractivity (Wildman–Crippen MR) is 82.6 cm³/mol. The molecule has 0 fully saturated rings. The van der Waals surface area contributed by atoms with Crippen LogP contribution in [0.2, 0.25) is 0 Å². The van der Waals surface area contributed by atoms with Gasteiger partial charge in [-0.3, -0.25) is 19.5 Å². The topological polar surface area (TPSA) is 99.0 Å². The van der Waals surface area contributed by atoms with Crippen molar-refractivity contribution in [2.75, 3.05) is 0 Å². The van der Waals surface area contributed by atoms with Gasteiger partial charge in [0.05, 0.1) is 30.3 Å². The highest BCUT2D eigenvalue weighted by atomic mass is 16.6. The van der Waals surface area contributed by atoms with Gasteiger partial charge in [-0.15, -0.1) is 0 Å². The molecular formula is C15H15N5O3. The summed E-state index contributed by atoms with van der Waals surface area (Å²) in [7, 11) is 0. The molecule has 23 heavy (non-hydrogen) atoms. The molecule has 1 aromatic carbocycles. The van der Waals surface area contributed by atoms with E-state index in [2.05, 4.69) is 10.2 Å². The Bertz CT molecular complexity index is 796. The molecule has 3 aromatic rings. The Morgan fingerprint density at radius 3 is 2.35 bits per heavy atom. The normalized spacial score (nSPS) is 12.2. The second-order valence-electron chi connectivity index (χ2n) is 5.15. The van der Waals surface area contributed by atoms with E-state index in [1.54, 1.807) is 10.9 Å². The Kier molecular flexibility index (Phi) is 4.15. The molecule has 1 atom stereocenters. The monoisotopic (exact) mass is 313 g/mol. The second-order valence-corrected chi connectivity index (χ2v) is 5.15. The molecular weight excluding hydrogens is 298 g/mol. The van der Waals surface area contributed by atoms with E-state index >= 15 is 0 Å². The molecule has 3 rings (SSSR count). The third-order valence-corrected chi connectivity index (χ3v) is 3.37. The fraction of sp³-hybridized carbons (Fsp3) is 0.200. The van der Waals surface area contributed by atoms with Crippen LogP contribution in [-0.4, -0.2) is 35.7 Å². The van der Waals surface area contributed by atoms with Gasteiger partial charge in [0.2, 0.25) is 0 Å². The average Bonchev–Trinajstić information content (AvgIpc) is 3.18. The average molecular weight is 313 g/mol. The van der Waals surface area contributed by atoms with Crippen molar-refractivity contribution in [1.29, 1.82) is 0 Å². The quantitative estimate of drug-likeness (QED) is 0.552. The fourth-order valence-electron chi connectivity index (χ4n) is 2.28. The van der Waals surface area contributed by atoms with Gasteiger partial charge in [-0.25, -0.2) is 0 Å². The van der Waals surface area contributed by atoms with Gasteiger partial charge >= 0.3 is 5.69 Å². The second kappa shape index (κ2) is 6.41. The van der Waals surface area contributed by atoms with Crippen molar-refractivity contribution in [3.05, 3.63) is 65.2 Å². The van der Waals surface area contributed by atoms with E-state index < -0.39 is 11.0 Å². The molecule has 0 amide bonds. The van der Waals surface area contributed by atoms with Crippen molar-refractivity contribution in [1.82, 2.24) is 19.6 Å². The summed E-state index contributed by atoms with van der Waals surface area (Å²) < 4.78 is 3.00. The first-order valence-corrected chi connectivity index (χ1v) is 7.04. The van der Waals surface area contributed by atoms with Crippen LogP contribution in [0.4, 0.5) is 5.69 Å². The van der Waals surface area contributed by atoms with Gasteiger partial charge in [0.25, 0.3) is 0 Å². The van der Waals surface area contributed by atoms with Crippen LogP contribution in [0.5, 0.6) is 0 Å². The first-order valence-electron chi connectivity index (χ1n) is 7.04. The maximum Gasteiger partial charge on any atom is 0.306 e. The minimum Gasteiger partial charge on any atom is -0.389 e. The summed E-state index contributed by atoms with van der Waals surface area (Å²) in [5, 5.41) is 28.8. The molecule has 0 bridgehead atoms. The first kappa shape index (κ1) is 14.9. The highest BCUT2D eigenvalue weighted by Gasteiger charge is 2.13. The van der Waals surface area contributed by atoms with E-state index in [1.165, 1.54) is 10.9 Å². The van der Waals surface area contributed by atoms with Gasteiger partial charge in [-0.1, -0.05) is 30.3 Å². The van der Waals surface area contributed by atoms with Crippen molar-refractivity contribution in [3.63, 3.8) is 0 Å². The lowest BCUT2D eigenvalue weighted by atomic mass is 10.1. The number of aromatic nitrogens is 4. The molecule has 0 saturated heterocycles. The van der Waals surface area contributed by atoms with Crippen LogP contribution in [0.1, 0.15) is 0 Å². The Morgan fingerprint density at radius 1 is 1.04 bits per heavy atom. The zero-order chi connectivity index (χ0) is 16.2. The summed E-state index contributed by atoms with van der Waals surface area (Å²) in [6, 6.07) is 9.82. The van der Waals surface area contributed by atoms with E-state index in [0.29, 0.717) is 0 Å². The number of nitro groups is 1. The van der Waals surface area contributed by atoms with Crippen molar-refractivity contribution in [2.24, 2.45) is 0 Å². The van der Waals surface area contributed by atoms with Crippen LogP contribution in [0.25, 0.3) is 11.1 Å². The molecule has 8 nitrogen and oxygen atoms in total. The van der Waals surface area contributed by atoms with Gasteiger partial charge in [-0.05, 0) is 5.56 Å². The summed E-state index contributed by atoms with van der Waals surface area (Å²) in [4.78, 5) is 10.1. The maximum absolute atomic E-state index is 10.6. The van der Waals surface area contributed by atoms with Crippen LogP contribution in [0, 0.1) is 10.1 Å². The molecule has 0 radical (unpaired) electrons. The molecule has 1 unspecified atom stereocenters. The van der Waals surface area contributed by atoms with E-state index in [0.717, 1.165) is 17.3 Å². The zero-order valence-corrected chi connectivity index (χ0v) is 12.2. The van der Waals surface area contributed by atoms with Crippen LogP contribution in [-0.2, 0) is 13.1 Å². The van der Waals surface area contributed by atoms with Crippen molar-refractivity contribution < 1.29 is 10.0 Å². The number of aliphatic hydroxyl groups is 1. The summed E-state index contributed by atoms with van der Waals surface area (Å²) >= 11 is 0. The molecule has 2 heterocycles. The summed E-state index contributed by atoms with van der Waals surface area (Å²) in [6.07, 6.45) is 5.29. The van der Waals surface area contributed by atoms with Gasteiger partial charge in [0.15, 0.2) is 0 Å². The Morgan fingerprint density at radius 2 is 1.70 bits per heavy atom. The van der Waals surface area contributed by atoms with Gasteiger partial charge in [-0.2, -0.15) is 10.2 Å². The molecule has 2 aromatic heterocycles. The Labute approximate surface area is 131 Å². The van der Waals surface area contributed by atoms with Gasteiger partial charge < -0.3 is 5.11 Å². The standard InChI is InChI=1S/C15H15N5O3/c21-15(11-19-9-14(7-17-19)20(22)23)10-18-8-13(6-16-18)12-4-2-1-3-5-12/h1-9,15,21H,10-11H2. The largest absolute Gasteiger partial charge is 0.389 e. The van der Waals surface area contributed by atoms with Crippen molar-refractivity contribution in [2.45, 2.75) is 19.2 Å². The molecule has 0 aliphatic carbocycles. The maximum atomic E-state index is 10.6. The number of hydrogen-bond donors (Lipinski definition) is 1. The Hall–Kier alpha value is -3.00. The highest BCUT2D eigenvalue weighted by molar-refractivity contribution is 5.61. The summed E-state index contributed by atoms with van der Waals surface area (Å²) in [5.41, 5.74) is 1.92. The highest BCUT2D eigenvalue weighted by Crippen LogP contribution is 2.17. The number of benzene rings is 1. The van der Waals surface area contributed by atoms with Gasteiger partial charge in [0, 0.05) is 11.8 Å². The van der Waals surface area contributed by atoms with E-state index in [-0.39, 0.29) is 18.8 Å². The van der Waals surface area contributed by atoms with Crippen molar-refractivity contribution in [3.8, 4) is 11.1 Å². The summed E-state index contributed by atoms with van der Waals surface area (Å²) in [6.45, 7) is 0.439. The third kappa shape index (κ3) is 3.61. The SMILES string of the molecule is O=[N+]([O-])c1cnn(CC(O)Cn2cc(-c3ccccc3)cn2)c1. The zero-order valence-electron chi connectivity index (χ0n) is 12.2. The third-order valence-electron chi connectivity index (χ3n) is 3.37. The smallest absolute Gasteiger partial charge is 0.306 e. The Balaban J connectivity index is 1.62. The molecule has 8 heteroatoms. The van der Waals surface area contributed by atoms with Crippen molar-refractivity contribution >= 4 is 5.69 Å². The minimum atomic E-state index is -0.752. The molecule has 0 aliphatic heterocycles. The number of aliphatic hydroxyl groups excluding tert-OH is 1. The van der Waals surface area contributed by atoms with E-state index in [1.807, 2.05) is 36.5 Å². The molecule has 118 valence electrons. The van der Waals surface area contributed by atoms with Crippen LogP contribution in [0.15, 0.2) is 55.1 Å². The lowest BCUT2D eigenvalue weighted by molar-refractivity contribution is -0.385. The summed E-state index contributed by atoms with van der Waals surface area (Å²) in [5.74, 6) is 0. The minimum absolute atomic E-state index is 0.0948. The lowest BCUT2D eigenvalue weighted by Crippen LogP contribution is -2.22. The van der Waals surface area contributed by atoms with Crippen LogP contribution >= 0.6 is 0 Å². The number of hydrogen-bond acceptors (Lipinski definition) is 5. The first-order chi connectivity index (χ1) is 11.1. The predicted octanol–water partition coefficient (Wildman–Crippen LogP) is 1.72. The molecule has 0 saturated carbocycles. The van der Waals surface area contributed by atoms with E-state index in [9.17, 15) is 15.2 Å². The fourth-order valence-corrected chi connectivity index (χ4v) is 2.28. The van der Waals surface area contributed by atoms with E-state index in [4.69, 9.17) is 0 Å². The van der Waals surface area contributed by atoms with Gasteiger partial charge in [0.1, 0.15) is 12.4 Å². The molecule has 0 aliphatic rings.